The van der Waals surface area contributed by atoms with Gasteiger partial charge in [0.25, 0.3) is 0 Å². The van der Waals surface area contributed by atoms with Crippen molar-refractivity contribution in [2.75, 3.05) is 17.6 Å². The number of benzene rings is 1. The molecule has 0 radical (unpaired) electrons. The van der Waals surface area contributed by atoms with E-state index in [9.17, 15) is 13.2 Å². The third kappa shape index (κ3) is 3.27. The van der Waals surface area contributed by atoms with Crippen molar-refractivity contribution in [3.05, 3.63) is 28.2 Å². The molecule has 0 amide bonds. The Morgan fingerprint density at radius 2 is 2.21 bits per heavy atom. The summed E-state index contributed by atoms with van der Waals surface area (Å²) in [7, 11) is -3.02. The SMILES string of the molecule is O=C(O)c1ccc(Br)cc1NCC1CCCS1(=O)=O. The molecule has 1 saturated heterocycles. The Bertz CT molecular complexity index is 600. The molecule has 1 aliphatic rings. The molecule has 104 valence electrons. The first-order valence-electron chi connectivity index (χ1n) is 5.88. The van der Waals surface area contributed by atoms with Crippen molar-refractivity contribution >= 4 is 37.4 Å². The molecule has 0 saturated carbocycles. The molecule has 0 bridgehead atoms. The van der Waals surface area contributed by atoms with Crippen LogP contribution < -0.4 is 5.32 Å². The van der Waals surface area contributed by atoms with E-state index in [1.54, 1.807) is 12.1 Å². The van der Waals surface area contributed by atoms with Crippen LogP contribution in [0.3, 0.4) is 0 Å². The Morgan fingerprint density at radius 1 is 1.47 bits per heavy atom. The highest BCUT2D eigenvalue weighted by molar-refractivity contribution is 9.10. The fourth-order valence-corrected chi connectivity index (χ4v) is 4.29. The molecule has 2 N–H and O–H groups in total. The van der Waals surface area contributed by atoms with E-state index in [1.807, 2.05) is 0 Å². The number of halogens is 1. The molecule has 0 aliphatic carbocycles. The fraction of sp³-hybridized carbons (Fsp3) is 0.417. The van der Waals surface area contributed by atoms with Crippen LogP contribution >= 0.6 is 15.9 Å². The molecule has 19 heavy (non-hydrogen) atoms. The molecule has 1 aliphatic heterocycles. The first-order valence-corrected chi connectivity index (χ1v) is 8.39. The third-order valence-corrected chi connectivity index (χ3v) is 5.96. The van der Waals surface area contributed by atoms with Gasteiger partial charge in [-0.25, -0.2) is 13.2 Å². The van der Waals surface area contributed by atoms with Gasteiger partial charge >= 0.3 is 5.97 Å². The Labute approximate surface area is 120 Å². The topological polar surface area (TPSA) is 83.5 Å². The lowest BCUT2D eigenvalue weighted by molar-refractivity contribution is 0.0698. The number of carbonyl (C=O) groups is 1. The first kappa shape index (κ1) is 14.3. The van der Waals surface area contributed by atoms with Gasteiger partial charge in [0.1, 0.15) is 0 Å². The Morgan fingerprint density at radius 3 is 2.79 bits per heavy atom. The number of nitrogens with one attached hydrogen (secondary N) is 1. The molecule has 2 rings (SSSR count). The average Bonchev–Trinajstić information content (AvgIpc) is 2.65. The summed E-state index contributed by atoms with van der Waals surface area (Å²) in [5.41, 5.74) is 0.572. The summed E-state index contributed by atoms with van der Waals surface area (Å²) in [5.74, 6) is -0.812. The second-order valence-electron chi connectivity index (χ2n) is 4.51. The van der Waals surface area contributed by atoms with E-state index in [4.69, 9.17) is 5.11 Å². The van der Waals surface area contributed by atoms with Crippen molar-refractivity contribution in [1.29, 1.82) is 0 Å². The average molecular weight is 348 g/mol. The van der Waals surface area contributed by atoms with Gasteiger partial charge in [-0.1, -0.05) is 15.9 Å². The molecular weight excluding hydrogens is 334 g/mol. The normalized spacial score (nSPS) is 21.2. The van der Waals surface area contributed by atoms with Crippen LogP contribution in [0.1, 0.15) is 23.2 Å². The van der Waals surface area contributed by atoms with Crippen LogP contribution in [-0.4, -0.2) is 37.0 Å². The fourth-order valence-electron chi connectivity index (χ4n) is 2.16. The summed E-state index contributed by atoms with van der Waals surface area (Å²) < 4.78 is 24.2. The zero-order valence-corrected chi connectivity index (χ0v) is 12.5. The van der Waals surface area contributed by atoms with Crippen molar-refractivity contribution < 1.29 is 18.3 Å². The van der Waals surface area contributed by atoms with Gasteiger partial charge in [0.15, 0.2) is 9.84 Å². The van der Waals surface area contributed by atoms with Crippen LogP contribution in [-0.2, 0) is 9.84 Å². The van der Waals surface area contributed by atoms with Crippen molar-refractivity contribution in [2.24, 2.45) is 0 Å². The minimum Gasteiger partial charge on any atom is -0.478 e. The largest absolute Gasteiger partial charge is 0.478 e. The highest BCUT2D eigenvalue weighted by Gasteiger charge is 2.31. The summed E-state index contributed by atoms with van der Waals surface area (Å²) in [5, 5.41) is 11.6. The number of anilines is 1. The van der Waals surface area contributed by atoms with Gasteiger partial charge in [-0.05, 0) is 31.0 Å². The Balaban J connectivity index is 2.15. The van der Waals surface area contributed by atoms with Gasteiger partial charge < -0.3 is 10.4 Å². The van der Waals surface area contributed by atoms with E-state index < -0.39 is 21.1 Å². The molecule has 1 fully saturated rings. The van der Waals surface area contributed by atoms with Gasteiger partial charge in [0.2, 0.25) is 0 Å². The Kier molecular flexibility index (Phi) is 4.15. The first-order chi connectivity index (χ1) is 8.90. The van der Waals surface area contributed by atoms with E-state index in [2.05, 4.69) is 21.2 Å². The molecule has 5 nitrogen and oxygen atoms in total. The van der Waals surface area contributed by atoms with Gasteiger partial charge in [0.05, 0.1) is 16.6 Å². The number of rotatable bonds is 4. The monoisotopic (exact) mass is 347 g/mol. The van der Waals surface area contributed by atoms with Gasteiger partial charge in [0, 0.05) is 16.7 Å². The molecule has 1 atom stereocenters. The maximum absolute atomic E-state index is 11.7. The molecule has 0 spiro atoms. The van der Waals surface area contributed by atoms with Crippen LogP contribution in [0.4, 0.5) is 5.69 Å². The molecule has 1 aromatic carbocycles. The summed E-state index contributed by atoms with van der Waals surface area (Å²) >= 11 is 3.27. The van der Waals surface area contributed by atoms with Crippen LogP contribution in [0.25, 0.3) is 0 Å². The number of carboxylic acid groups (broad SMARTS) is 1. The van der Waals surface area contributed by atoms with E-state index in [0.29, 0.717) is 18.5 Å². The minimum atomic E-state index is -3.02. The molecule has 7 heteroatoms. The third-order valence-electron chi connectivity index (χ3n) is 3.20. The van der Waals surface area contributed by atoms with Crippen LogP contribution in [0.2, 0.25) is 0 Å². The van der Waals surface area contributed by atoms with Gasteiger partial charge in [-0.15, -0.1) is 0 Å². The van der Waals surface area contributed by atoms with Crippen molar-refractivity contribution in [3.8, 4) is 0 Å². The maximum Gasteiger partial charge on any atom is 0.337 e. The molecular formula is C12H14BrNO4S. The molecule has 1 heterocycles. The summed E-state index contributed by atoms with van der Waals surface area (Å²) in [6, 6.07) is 4.77. The zero-order chi connectivity index (χ0) is 14.0. The second-order valence-corrected chi connectivity index (χ2v) is 7.82. The van der Waals surface area contributed by atoms with Crippen molar-refractivity contribution in [1.82, 2.24) is 0 Å². The van der Waals surface area contributed by atoms with E-state index in [-0.39, 0.29) is 17.9 Å². The van der Waals surface area contributed by atoms with E-state index >= 15 is 0 Å². The zero-order valence-electron chi connectivity index (χ0n) is 10.1. The van der Waals surface area contributed by atoms with Crippen LogP contribution in [0.15, 0.2) is 22.7 Å². The molecule has 0 aromatic heterocycles. The lowest BCUT2D eigenvalue weighted by Crippen LogP contribution is -2.25. The summed E-state index contributed by atoms with van der Waals surface area (Å²) in [6.45, 7) is 0.249. The maximum atomic E-state index is 11.7. The highest BCUT2D eigenvalue weighted by Crippen LogP contribution is 2.24. The van der Waals surface area contributed by atoms with E-state index in [1.165, 1.54) is 6.07 Å². The number of sulfone groups is 1. The highest BCUT2D eigenvalue weighted by atomic mass is 79.9. The van der Waals surface area contributed by atoms with Crippen molar-refractivity contribution in [2.45, 2.75) is 18.1 Å². The van der Waals surface area contributed by atoms with Crippen LogP contribution in [0.5, 0.6) is 0 Å². The van der Waals surface area contributed by atoms with Gasteiger partial charge in [-0.2, -0.15) is 0 Å². The lowest BCUT2D eigenvalue weighted by Gasteiger charge is -2.14. The number of hydrogen-bond donors (Lipinski definition) is 2. The number of hydrogen-bond acceptors (Lipinski definition) is 4. The predicted octanol–water partition coefficient (Wildman–Crippen LogP) is 2.14. The molecule has 1 unspecified atom stereocenters. The number of aromatic carboxylic acids is 1. The smallest absolute Gasteiger partial charge is 0.337 e. The van der Waals surface area contributed by atoms with Crippen molar-refractivity contribution in [3.63, 3.8) is 0 Å². The van der Waals surface area contributed by atoms with E-state index in [0.717, 1.165) is 4.47 Å². The second kappa shape index (κ2) is 5.50. The number of carboxylic acids is 1. The quantitative estimate of drug-likeness (QED) is 0.871. The Hall–Kier alpha value is -1.08. The summed E-state index contributed by atoms with van der Waals surface area (Å²) in [4.78, 5) is 11.1. The van der Waals surface area contributed by atoms with Gasteiger partial charge in [-0.3, -0.25) is 0 Å². The predicted molar refractivity (Wildman–Crippen MR) is 76.4 cm³/mol. The van der Waals surface area contributed by atoms with Crippen LogP contribution in [0, 0.1) is 0 Å². The molecule has 1 aromatic rings. The summed E-state index contributed by atoms with van der Waals surface area (Å²) in [6.07, 6.45) is 1.31. The lowest BCUT2D eigenvalue weighted by atomic mass is 10.1. The minimum absolute atomic E-state index is 0.138. The standard InChI is InChI=1S/C12H14BrNO4S/c13-8-3-4-10(12(15)16)11(6-8)14-7-9-2-1-5-19(9,17)18/h3-4,6,9,14H,1-2,5,7H2,(H,15,16).